The van der Waals surface area contributed by atoms with Crippen molar-refractivity contribution in [1.29, 1.82) is 0 Å². The fourth-order valence-electron chi connectivity index (χ4n) is 4.41. The van der Waals surface area contributed by atoms with Gasteiger partial charge in [-0.3, -0.25) is 4.79 Å². The van der Waals surface area contributed by atoms with Crippen LogP contribution >= 0.6 is 0 Å². The van der Waals surface area contributed by atoms with E-state index < -0.39 is 31.7 Å². The minimum absolute atomic E-state index is 0.0118. The lowest BCUT2D eigenvalue weighted by Crippen LogP contribution is -2.27. The first-order valence-corrected chi connectivity index (χ1v) is 18.3. The zero-order chi connectivity index (χ0) is 36.1. The molecule has 12 nitrogen and oxygen atoms in total. The number of carbonyl (C=O) groups is 1. The zero-order valence-corrected chi connectivity index (χ0v) is 29.4. The number of aldehydes is 1. The van der Waals surface area contributed by atoms with E-state index in [1.165, 1.54) is 62.6 Å². The monoisotopic (exact) mass is 704 g/mol. The molecule has 0 fully saturated rings. The summed E-state index contributed by atoms with van der Waals surface area (Å²) >= 11 is 0. The third kappa shape index (κ3) is 8.93. The molecule has 2 aromatic carbocycles. The van der Waals surface area contributed by atoms with Crippen LogP contribution in [-0.2, 0) is 26.7 Å². The van der Waals surface area contributed by atoms with E-state index in [1.54, 1.807) is 0 Å². The van der Waals surface area contributed by atoms with Crippen LogP contribution in [0.3, 0.4) is 0 Å². The fraction of sp³-hybridized carbons (Fsp3) is 0.344. The van der Waals surface area contributed by atoms with Gasteiger partial charge in [0.1, 0.15) is 11.6 Å². The summed E-state index contributed by atoms with van der Waals surface area (Å²) in [6.45, 7) is 7.16. The maximum absolute atomic E-state index is 13.2. The van der Waals surface area contributed by atoms with Gasteiger partial charge >= 0.3 is 0 Å². The molecule has 0 saturated heterocycles. The van der Waals surface area contributed by atoms with Gasteiger partial charge in [-0.05, 0) is 60.4 Å². The van der Waals surface area contributed by atoms with Crippen LogP contribution in [0.25, 0.3) is 22.5 Å². The second kappa shape index (κ2) is 15.2. The van der Waals surface area contributed by atoms with Crippen LogP contribution in [-0.4, -0.2) is 74.8 Å². The molecular formula is C32H38F2N6O6S2. The highest BCUT2D eigenvalue weighted by molar-refractivity contribution is 7.92. The van der Waals surface area contributed by atoms with E-state index in [9.17, 15) is 35.5 Å². The smallest absolute Gasteiger partial charge is 0.239 e. The Kier molecular flexibility index (Phi) is 12.1. The Hall–Kier alpha value is -4.41. The molecule has 1 N–H and O–H groups in total. The summed E-state index contributed by atoms with van der Waals surface area (Å²) in [5, 5.41) is 9.77. The Morgan fingerprint density at radius 3 is 1.42 bits per heavy atom. The number of halogens is 2. The van der Waals surface area contributed by atoms with Crippen LogP contribution in [0.2, 0.25) is 0 Å². The molecule has 16 heteroatoms. The van der Waals surface area contributed by atoms with Gasteiger partial charge in [0, 0.05) is 30.8 Å². The number of benzene rings is 2. The van der Waals surface area contributed by atoms with E-state index in [0.29, 0.717) is 40.1 Å². The first kappa shape index (κ1) is 38.0. The third-order valence-corrected chi connectivity index (χ3v) is 9.47. The van der Waals surface area contributed by atoms with Crippen LogP contribution in [0.1, 0.15) is 66.8 Å². The van der Waals surface area contributed by atoms with Crippen LogP contribution in [0.5, 0.6) is 0 Å². The molecule has 0 aliphatic heterocycles. The van der Waals surface area contributed by atoms with E-state index in [2.05, 4.69) is 19.9 Å². The van der Waals surface area contributed by atoms with E-state index >= 15 is 0 Å². The number of aliphatic hydroxyl groups is 1. The van der Waals surface area contributed by atoms with Gasteiger partial charge < -0.3 is 5.11 Å². The molecule has 0 atom stereocenters. The average Bonchev–Trinajstić information content (AvgIpc) is 3.02. The average molecular weight is 705 g/mol. The Labute approximate surface area is 279 Å². The number of nitrogens with zero attached hydrogens (tertiary/aromatic N) is 6. The molecule has 2 heterocycles. The molecule has 4 aromatic rings. The Morgan fingerprint density at radius 1 is 0.688 bits per heavy atom. The van der Waals surface area contributed by atoms with E-state index in [-0.39, 0.29) is 41.6 Å². The number of carbonyl (C=O) groups excluding carboxylic acids is 1. The number of rotatable bonds is 10. The summed E-state index contributed by atoms with van der Waals surface area (Å²) in [5.74, 6) is -1.02. The van der Waals surface area contributed by atoms with Crippen molar-refractivity contribution in [2.24, 2.45) is 0 Å². The lowest BCUT2D eigenvalue weighted by Gasteiger charge is -2.20. The summed E-state index contributed by atoms with van der Waals surface area (Å²) in [5.41, 5.74) is 3.50. The largest absolute Gasteiger partial charge is 0.392 e. The van der Waals surface area contributed by atoms with Crippen molar-refractivity contribution in [3.63, 3.8) is 0 Å². The summed E-state index contributed by atoms with van der Waals surface area (Å²) in [6, 6.07) is 11.1. The van der Waals surface area contributed by atoms with Crippen molar-refractivity contribution < 1.29 is 35.5 Å². The number of hydrogen-bond donors (Lipinski definition) is 1. The van der Waals surface area contributed by atoms with E-state index in [1.807, 2.05) is 27.7 Å². The van der Waals surface area contributed by atoms with Crippen molar-refractivity contribution in [2.75, 3.05) is 35.2 Å². The van der Waals surface area contributed by atoms with Crippen LogP contribution in [0.15, 0.2) is 48.5 Å². The summed E-state index contributed by atoms with van der Waals surface area (Å²) < 4.78 is 75.5. The molecule has 0 amide bonds. The fourth-order valence-corrected chi connectivity index (χ4v) is 5.16. The van der Waals surface area contributed by atoms with E-state index in [0.717, 1.165) is 21.1 Å². The maximum atomic E-state index is 13.2. The summed E-state index contributed by atoms with van der Waals surface area (Å²) in [6.07, 6.45) is 2.73. The molecule has 258 valence electrons. The second-order valence-electron chi connectivity index (χ2n) is 11.5. The predicted molar refractivity (Wildman–Crippen MR) is 181 cm³/mol. The van der Waals surface area contributed by atoms with Crippen molar-refractivity contribution in [3.05, 3.63) is 82.7 Å². The highest BCUT2D eigenvalue weighted by Crippen LogP contribution is 2.31. The minimum Gasteiger partial charge on any atom is -0.392 e. The highest BCUT2D eigenvalue weighted by Gasteiger charge is 2.24. The molecule has 0 aliphatic rings. The molecule has 0 unspecified atom stereocenters. The first-order valence-electron chi connectivity index (χ1n) is 14.6. The normalized spacial score (nSPS) is 11.7. The van der Waals surface area contributed by atoms with E-state index in [4.69, 9.17) is 0 Å². The second-order valence-corrected chi connectivity index (χ2v) is 15.5. The van der Waals surface area contributed by atoms with Gasteiger partial charge in [0.25, 0.3) is 0 Å². The molecule has 48 heavy (non-hydrogen) atoms. The zero-order valence-electron chi connectivity index (χ0n) is 27.8. The number of aromatic nitrogens is 4. The molecule has 0 saturated carbocycles. The number of anilines is 2. The first-order chi connectivity index (χ1) is 22.3. The van der Waals surface area contributed by atoms with Crippen molar-refractivity contribution in [1.82, 2.24) is 19.9 Å². The third-order valence-electron chi connectivity index (χ3n) is 7.15. The van der Waals surface area contributed by atoms with Gasteiger partial charge in [0.2, 0.25) is 31.9 Å². The van der Waals surface area contributed by atoms with Crippen molar-refractivity contribution >= 4 is 38.2 Å². The number of hydrogen-bond acceptors (Lipinski definition) is 10. The standard InChI is InChI=1S/C16H20FN3O3S.C16H18FN3O3S/c2*1-10(2)14-13(9-21)15(11-5-7-12(17)8-6-11)19-16(18-14)20(3)24(4,22)23/h5-8,10,21H,9H2,1-4H3;5-10H,1-4H3. The molecule has 0 radical (unpaired) electrons. The Balaban J connectivity index is 0.000000260. The highest BCUT2D eigenvalue weighted by atomic mass is 32.2. The minimum atomic E-state index is -3.56. The lowest BCUT2D eigenvalue weighted by atomic mass is 9.99. The number of aliphatic hydroxyl groups excluding tert-OH is 1. The molecular weight excluding hydrogens is 667 g/mol. The van der Waals surface area contributed by atoms with Crippen molar-refractivity contribution in [3.8, 4) is 22.5 Å². The molecule has 4 rings (SSSR count). The van der Waals surface area contributed by atoms with Gasteiger partial charge in [-0.2, -0.15) is 0 Å². The van der Waals surface area contributed by atoms with Crippen LogP contribution in [0, 0.1) is 11.6 Å². The molecule has 0 aliphatic carbocycles. The van der Waals surface area contributed by atoms with Gasteiger partial charge in [0.05, 0.1) is 47.5 Å². The van der Waals surface area contributed by atoms with Gasteiger partial charge in [-0.15, -0.1) is 0 Å². The summed E-state index contributed by atoms with van der Waals surface area (Å²) in [7, 11) is -4.40. The Bertz CT molecular complexity index is 1990. The van der Waals surface area contributed by atoms with Gasteiger partial charge in [0.15, 0.2) is 6.29 Å². The summed E-state index contributed by atoms with van der Waals surface area (Å²) in [4.78, 5) is 28.7. The van der Waals surface area contributed by atoms with Crippen LogP contribution < -0.4 is 8.61 Å². The van der Waals surface area contributed by atoms with Crippen molar-refractivity contribution in [2.45, 2.75) is 46.1 Å². The molecule has 0 bridgehead atoms. The molecule has 0 spiro atoms. The van der Waals surface area contributed by atoms with Gasteiger partial charge in [-0.25, -0.2) is 54.2 Å². The molecule has 2 aromatic heterocycles. The lowest BCUT2D eigenvalue weighted by molar-refractivity contribution is 0.112. The Morgan fingerprint density at radius 2 is 1.06 bits per heavy atom. The number of sulfonamides is 2. The van der Waals surface area contributed by atoms with Gasteiger partial charge in [-0.1, -0.05) is 27.7 Å². The van der Waals surface area contributed by atoms with Crippen LogP contribution in [0.4, 0.5) is 20.7 Å². The topological polar surface area (TPSA) is 164 Å². The predicted octanol–water partition coefficient (Wildman–Crippen LogP) is 4.91. The SMILES string of the molecule is CC(C)c1nc(N(C)S(C)(=O)=O)nc(-c2ccc(F)cc2)c1C=O.CC(C)c1nc(N(C)S(C)(=O)=O)nc(-c2ccc(F)cc2)c1CO. The quantitative estimate of drug-likeness (QED) is 0.225. The maximum Gasteiger partial charge on any atom is 0.239 e.